The summed E-state index contributed by atoms with van der Waals surface area (Å²) >= 11 is 0. The van der Waals surface area contributed by atoms with Gasteiger partial charge in [-0.3, -0.25) is 9.69 Å². The number of anilines is 1. The van der Waals surface area contributed by atoms with E-state index < -0.39 is 12.1 Å². The summed E-state index contributed by atoms with van der Waals surface area (Å²) < 4.78 is 44.8. The lowest BCUT2D eigenvalue weighted by molar-refractivity contribution is -0.192. The number of imidazole rings is 1. The van der Waals surface area contributed by atoms with Crippen molar-refractivity contribution in [2.24, 2.45) is 0 Å². The molecule has 0 bridgehead atoms. The number of ether oxygens (including phenoxy) is 1. The van der Waals surface area contributed by atoms with E-state index in [1.807, 2.05) is 46.7 Å². The molecule has 0 spiro atoms. The summed E-state index contributed by atoms with van der Waals surface area (Å²) in [5.74, 6) is -1.27. The third-order valence-electron chi connectivity index (χ3n) is 6.55. The van der Waals surface area contributed by atoms with Crippen LogP contribution in [-0.2, 0) is 16.1 Å². The van der Waals surface area contributed by atoms with Crippen molar-refractivity contribution < 1.29 is 37.2 Å². The zero-order chi connectivity index (χ0) is 30.4. The highest BCUT2D eigenvalue weighted by atomic mass is 19.4. The van der Waals surface area contributed by atoms with Gasteiger partial charge in [-0.25, -0.2) is 19.4 Å². The summed E-state index contributed by atoms with van der Waals surface area (Å²) in [7, 11) is 0. The van der Waals surface area contributed by atoms with Crippen LogP contribution in [-0.4, -0.2) is 97.1 Å². The first kappa shape index (κ1) is 30.2. The average molecular weight is 591 g/mol. The zero-order valence-electron chi connectivity index (χ0n) is 22.8. The van der Waals surface area contributed by atoms with Gasteiger partial charge in [-0.2, -0.15) is 13.2 Å². The SMILES string of the molecule is CCn1c(-c2nonc2N)nc2c(-c3ccccc3)ncc(OCCN3CCN(C(C)=O)CC3)c21.O=C(O)C(F)(F)F. The van der Waals surface area contributed by atoms with E-state index in [-0.39, 0.29) is 11.7 Å². The van der Waals surface area contributed by atoms with E-state index in [2.05, 4.69) is 15.2 Å². The molecule has 13 nitrogen and oxygen atoms in total. The Morgan fingerprint density at radius 1 is 1.10 bits per heavy atom. The van der Waals surface area contributed by atoms with Crippen LogP contribution in [0.25, 0.3) is 33.8 Å². The van der Waals surface area contributed by atoms with Crippen LogP contribution in [0, 0.1) is 0 Å². The van der Waals surface area contributed by atoms with Crippen LogP contribution in [0.3, 0.4) is 0 Å². The molecular weight excluding hydrogens is 561 g/mol. The number of alkyl halides is 3. The van der Waals surface area contributed by atoms with Crippen LogP contribution >= 0.6 is 0 Å². The molecule has 3 N–H and O–H groups in total. The minimum Gasteiger partial charge on any atom is -0.488 e. The third-order valence-corrected chi connectivity index (χ3v) is 6.55. The first-order valence-corrected chi connectivity index (χ1v) is 12.9. The Kier molecular flexibility index (Phi) is 9.25. The number of aryl methyl sites for hydroxylation is 1. The number of aliphatic carboxylic acids is 1. The number of carbonyl (C=O) groups is 2. The predicted octanol–water partition coefficient (Wildman–Crippen LogP) is 2.93. The number of carboxylic acid groups (broad SMARTS) is 1. The van der Waals surface area contributed by atoms with Gasteiger partial charge in [-0.15, -0.1) is 0 Å². The molecular formula is C26H29F3N8O5. The van der Waals surface area contributed by atoms with E-state index >= 15 is 0 Å². The number of hydrogen-bond donors (Lipinski definition) is 2. The van der Waals surface area contributed by atoms with E-state index in [0.717, 1.165) is 49.5 Å². The van der Waals surface area contributed by atoms with Gasteiger partial charge in [-0.05, 0) is 17.2 Å². The van der Waals surface area contributed by atoms with Crippen molar-refractivity contribution in [3.63, 3.8) is 0 Å². The number of fused-ring (bicyclic) bond motifs is 1. The lowest BCUT2D eigenvalue weighted by Gasteiger charge is -2.34. The third kappa shape index (κ3) is 6.76. The van der Waals surface area contributed by atoms with E-state index in [0.29, 0.717) is 35.9 Å². The maximum atomic E-state index is 11.6. The smallest absolute Gasteiger partial charge is 0.488 e. The van der Waals surface area contributed by atoms with Gasteiger partial charge in [0, 0.05) is 51.8 Å². The number of amides is 1. The Morgan fingerprint density at radius 2 is 1.76 bits per heavy atom. The van der Waals surface area contributed by atoms with Gasteiger partial charge in [0.1, 0.15) is 17.6 Å². The number of pyridine rings is 1. The summed E-state index contributed by atoms with van der Waals surface area (Å²) in [6.45, 7) is 8.63. The van der Waals surface area contributed by atoms with E-state index in [9.17, 15) is 18.0 Å². The number of benzene rings is 1. The summed E-state index contributed by atoms with van der Waals surface area (Å²) in [6.07, 6.45) is -3.33. The Hall–Kier alpha value is -4.73. The molecule has 0 unspecified atom stereocenters. The molecule has 16 heteroatoms. The Bertz CT molecular complexity index is 1530. The van der Waals surface area contributed by atoms with Gasteiger partial charge in [0.05, 0.1) is 11.9 Å². The van der Waals surface area contributed by atoms with Crippen molar-refractivity contribution in [3.8, 4) is 28.5 Å². The molecule has 0 radical (unpaired) electrons. The highest BCUT2D eigenvalue weighted by Gasteiger charge is 2.38. The summed E-state index contributed by atoms with van der Waals surface area (Å²) in [6, 6.07) is 9.90. The van der Waals surface area contributed by atoms with Crippen LogP contribution in [0.1, 0.15) is 13.8 Å². The number of carbonyl (C=O) groups excluding carboxylic acids is 1. The second-order valence-corrected chi connectivity index (χ2v) is 9.21. The summed E-state index contributed by atoms with van der Waals surface area (Å²) in [4.78, 5) is 34.2. The average Bonchev–Trinajstić information content (AvgIpc) is 3.56. The number of piperazine rings is 1. The molecule has 5 rings (SSSR count). The van der Waals surface area contributed by atoms with Crippen LogP contribution in [0.15, 0.2) is 41.2 Å². The molecule has 4 heterocycles. The monoisotopic (exact) mass is 590 g/mol. The van der Waals surface area contributed by atoms with E-state index in [1.165, 1.54) is 0 Å². The van der Waals surface area contributed by atoms with Crippen LogP contribution in [0.5, 0.6) is 5.75 Å². The second-order valence-electron chi connectivity index (χ2n) is 9.21. The first-order chi connectivity index (χ1) is 20.0. The minimum atomic E-state index is -5.08. The standard InChI is InChI=1S/C24H28N8O3.C2HF3O2/c1-3-32-22-18(34-14-13-30-9-11-31(12-10-30)16(2)33)15-26-19(17-7-5-4-6-8-17)20(22)27-24(32)21-23(25)29-35-28-21;3-2(4,5)1(6)7/h4-8,15H,3,9-14H2,1-2H3,(H2,25,29);(H,6,7). The largest absolute Gasteiger partial charge is 0.490 e. The maximum Gasteiger partial charge on any atom is 0.490 e. The van der Waals surface area contributed by atoms with Gasteiger partial charge >= 0.3 is 12.1 Å². The van der Waals surface area contributed by atoms with Gasteiger partial charge in [0.15, 0.2) is 23.1 Å². The molecule has 4 aromatic rings. The van der Waals surface area contributed by atoms with Gasteiger partial charge in [-0.1, -0.05) is 30.3 Å². The number of nitrogens with two attached hydrogens (primary N) is 1. The molecule has 1 amide bonds. The number of nitrogens with zero attached hydrogens (tertiary/aromatic N) is 7. The minimum absolute atomic E-state index is 0.124. The molecule has 1 saturated heterocycles. The number of carboxylic acids is 1. The van der Waals surface area contributed by atoms with Crippen molar-refractivity contribution in [1.29, 1.82) is 0 Å². The Labute approximate surface area is 237 Å². The number of rotatable bonds is 7. The summed E-state index contributed by atoms with van der Waals surface area (Å²) in [5.41, 5.74) is 9.60. The van der Waals surface area contributed by atoms with Gasteiger partial charge < -0.3 is 25.0 Å². The van der Waals surface area contributed by atoms with Crippen molar-refractivity contribution in [2.45, 2.75) is 26.6 Å². The normalized spacial score (nSPS) is 14.0. The highest BCUT2D eigenvalue weighted by molar-refractivity contribution is 5.95. The van der Waals surface area contributed by atoms with E-state index in [4.69, 9.17) is 35.0 Å². The Balaban J connectivity index is 0.000000517. The fourth-order valence-electron chi connectivity index (χ4n) is 4.44. The zero-order valence-corrected chi connectivity index (χ0v) is 22.8. The first-order valence-electron chi connectivity index (χ1n) is 12.9. The number of hydrogen-bond acceptors (Lipinski definition) is 10. The Morgan fingerprint density at radius 3 is 2.31 bits per heavy atom. The van der Waals surface area contributed by atoms with Crippen LogP contribution < -0.4 is 10.5 Å². The van der Waals surface area contributed by atoms with E-state index in [1.54, 1.807) is 13.1 Å². The maximum absolute atomic E-state index is 11.6. The number of nitrogen functional groups attached to an aromatic ring is 1. The van der Waals surface area contributed by atoms with Crippen molar-refractivity contribution in [2.75, 3.05) is 45.1 Å². The van der Waals surface area contributed by atoms with Crippen molar-refractivity contribution in [3.05, 3.63) is 36.5 Å². The lowest BCUT2D eigenvalue weighted by atomic mass is 10.1. The van der Waals surface area contributed by atoms with Crippen LogP contribution in [0.4, 0.5) is 19.0 Å². The van der Waals surface area contributed by atoms with Crippen molar-refractivity contribution >= 4 is 28.7 Å². The number of aromatic nitrogens is 5. The molecule has 3 aromatic heterocycles. The van der Waals surface area contributed by atoms with Gasteiger partial charge in [0.25, 0.3) is 0 Å². The predicted molar refractivity (Wildman–Crippen MR) is 144 cm³/mol. The number of halogens is 3. The summed E-state index contributed by atoms with van der Waals surface area (Å²) in [5, 5.41) is 14.8. The molecule has 0 aliphatic carbocycles. The molecule has 1 aliphatic heterocycles. The molecule has 0 saturated carbocycles. The topological polar surface area (TPSA) is 166 Å². The molecule has 1 fully saturated rings. The fourth-order valence-corrected chi connectivity index (χ4v) is 4.44. The van der Waals surface area contributed by atoms with Crippen LogP contribution in [0.2, 0.25) is 0 Å². The van der Waals surface area contributed by atoms with Gasteiger partial charge in [0.2, 0.25) is 5.91 Å². The lowest BCUT2D eigenvalue weighted by Crippen LogP contribution is -2.48. The quantitative estimate of drug-likeness (QED) is 0.325. The molecule has 224 valence electrons. The molecule has 1 aliphatic rings. The van der Waals surface area contributed by atoms with Crippen molar-refractivity contribution in [1.82, 2.24) is 34.6 Å². The molecule has 42 heavy (non-hydrogen) atoms. The molecule has 0 atom stereocenters. The highest BCUT2D eigenvalue weighted by Crippen LogP contribution is 2.36. The fraction of sp³-hybridized carbons (Fsp3) is 0.385. The molecule has 1 aromatic carbocycles. The second kappa shape index (κ2) is 12.8.